The smallest absolute Gasteiger partial charge is 0.0178 e. The van der Waals surface area contributed by atoms with E-state index in [0.717, 1.165) is 13.0 Å². The molecular weight excluding hydrogens is 226 g/mol. The van der Waals surface area contributed by atoms with Crippen LogP contribution in [0.1, 0.15) is 11.1 Å². The van der Waals surface area contributed by atoms with Gasteiger partial charge in [-0.1, -0.05) is 22.0 Å². The monoisotopic (exact) mass is 241 g/mol. The SMILES string of the molecule is Cc1ccc(Br)cc1CCN(C)C. The van der Waals surface area contributed by atoms with E-state index >= 15 is 0 Å². The summed E-state index contributed by atoms with van der Waals surface area (Å²) in [5, 5.41) is 0. The van der Waals surface area contributed by atoms with Gasteiger partial charge in [0.1, 0.15) is 0 Å². The zero-order chi connectivity index (χ0) is 9.84. The van der Waals surface area contributed by atoms with Crippen molar-refractivity contribution < 1.29 is 0 Å². The van der Waals surface area contributed by atoms with Crippen molar-refractivity contribution in [2.24, 2.45) is 0 Å². The molecule has 0 unspecified atom stereocenters. The molecule has 0 fully saturated rings. The molecule has 0 saturated carbocycles. The van der Waals surface area contributed by atoms with Crippen molar-refractivity contribution in [3.8, 4) is 0 Å². The Labute approximate surface area is 88.9 Å². The van der Waals surface area contributed by atoms with Crippen LogP contribution in [0.3, 0.4) is 0 Å². The second-order valence-corrected chi connectivity index (χ2v) is 4.54. The standard InChI is InChI=1S/C11H16BrN/c1-9-4-5-11(12)8-10(9)6-7-13(2)3/h4-5,8H,6-7H2,1-3H3. The molecule has 0 bridgehead atoms. The number of hydrogen-bond acceptors (Lipinski definition) is 1. The summed E-state index contributed by atoms with van der Waals surface area (Å²) in [6.45, 7) is 3.27. The third kappa shape index (κ3) is 3.49. The van der Waals surface area contributed by atoms with Crippen LogP contribution in [0.5, 0.6) is 0 Å². The molecule has 0 saturated heterocycles. The third-order valence-corrected chi connectivity index (χ3v) is 2.63. The Bertz CT molecular complexity index is 281. The molecule has 72 valence electrons. The molecule has 0 aliphatic carbocycles. The molecular formula is C11H16BrN. The maximum atomic E-state index is 3.49. The summed E-state index contributed by atoms with van der Waals surface area (Å²) in [5.74, 6) is 0. The second-order valence-electron chi connectivity index (χ2n) is 3.62. The van der Waals surface area contributed by atoms with Crippen molar-refractivity contribution in [3.63, 3.8) is 0 Å². The Hall–Kier alpha value is -0.340. The van der Waals surface area contributed by atoms with Crippen LogP contribution in [0.4, 0.5) is 0 Å². The fourth-order valence-electron chi connectivity index (χ4n) is 1.25. The molecule has 1 rings (SSSR count). The fraction of sp³-hybridized carbons (Fsp3) is 0.455. The minimum absolute atomic E-state index is 1.11. The van der Waals surface area contributed by atoms with E-state index in [9.17, 15) is 0 Å². The van der Waals surface area contributed by atoms with Crippen LogP contribution in [0.15, 0.2) is 22.7 Å². The van der Waals surface area contributed by atoms with Gasteiger partial charge >= 0.3 is 0 Å². The first-order valence-electron chi connectivity index (χ1n) is 4.49. The minimum atomic E-state index is 1.11. The molecule has 0 heterocycles. The van der Waals surface area contributed by atoms with Gasteiger partial charge in [-0.25, -0.2) is 0 Å². The highest BCUT2D eigenvalue weighted by atomic mass is 79.9. The summed E-state index contributed by atoms with van der Waals surface area (Å²) in [6, 6.07) is 6.46. The number of rotatable bonds is 3. The van der Waals surface area contributed by atoms with Gasteiger partial charge in [-0.3, -0.25) is 0 Å². The molecule has 0 spiro atoms. The normalized spacial score (nSPS) is 10.8. The Morgan fingerprint density at radius 2 is 2.00 bits per heavy atom. The molecule has 0 radical (unpaired) electrons. The highest BCUT2D eigenvalue weighted by Gasteiger charge is 1.99. The lowest BCUT2D eigenvalue weighted by Crippen LogP contribution is -2.15. The van der Waals surface area contributed by atoms with Crippen LogP contribution < -0.4 is 0 Å². The first kappa shape index (κ1) is 10.7. The van der Waals surface area contributed by atoms with Gasteiger partial charge in [-0.2, -0.15) is 0 Å². The van der Waals surface area contributed by atoms with Crippen LogP contribution >= 0.6 is 15.9 Å². The van der Waals surface area contributed by atoms with Crippen molar-refractivity contribution in [2.45, 2.75) is 13.3 Å². The molecule has 1 nitrogen and oxygen atoms in total. The molecule has 0 aliphatic rings. The number of nitrogens with zero attached hydrogens (tertiary/aromatic N) is 1. The van der Waals surface area contributed by atoms with Gasteiger partial charge in [0.2, 0.25) is 0 Å². The summed E-state index contributed by atoms with van der Waals surface area (Å²) < 4.78 is 1.17. The van der Waals surface area contributed by atoms with E-state index in [1.807, 2.05) is 0 Å². The quantitative estimate of drug-likeness (QED) is 0.787. The summed E-state index contributed by atoms with van der Waals surface area (Å²) >= 11 is 3.49. The van der Waals surface area contributed by atoms with Crippen LogP contribution in [0.2, 0.25) is 0 Å². The number of benzene rings is 1. The lowest BCUT2D eigenvalue weighted by molar-refractivity contribution is 0.413. The van der Waals surface area contributed by atoms with E-state index in [-0.39, 0.29) is 0 Å². The van der Waals surface area contributed by atoms with Crippen molar-refractivity contribution in [3.05, 3.63) is 33.8 Å². The molecule has 1 aromatic rings. The molecule has 1 aromatic carbocycles. The van der Waals surface area contributed by atoms with Crippen molar-refractivity contribution in [2.75, 3.05) is 20.6 Å². The Morgan fingerprint density at radius 3 is 2.62 bits per heavy atom. The molecule has 0 amide bonds. The van der Waals surface area contributed by atoms with Gasteiger partial charge in [-0.05, 0) is 50.7 Å². The van der Waals surface area contributed by atoms with E-state index in [0.29, 0.717) is 0 Å². The maximum Gasteiger partial charge on any atom is 0.0178 e. The van der Waals surface area contributed by atoms with Crippen LogP contribution in [0, 0.1) is 6.92 Å². The van der Waals surface area contributed by atoms with E-state index in [1.54, 1.807) is 0 Å². The van der Waals surface area contributed by atoms with Gasteiger partial charge in [0.25, 0.3) is 0 Å². The zero-order valence-corrected chi connectivity index (χ0v) is 10.1. The Morgan fingerprint density at radius 1 is 1.31 bits per heavy atom. The van der Waals surface area contributed by atoms with Gasteiger partial charge in [0.15, 0.2) is 0 Å². The first-order valence-corrected chi connectivity index (χ1v) is 5.28. The van der Waals surface area contributed by atoms with Crippen molar-refractivity contribution >= 4 is 15.9 Å². The first-order chi connectivity index (χ1) is 6.09. The highest BCUT2D eigenvalue weighted by Crippen LogP contribution is 2.16. The van der Waals surface area contributed by atoms with E-state index in [4.69, 9.17) is 0 Å². The van der Waals surface area contributed by atoms with E-state index in [2.05, 4.69) is 60.0 Å². The van der Waals surface area contributed by atoms with Gasteiger partial charge in [-0.15, -0.1) is 0 Å². The summed E-state index contributed by atoms with van der Waals surface area (Å²) in [4.78, 5) is 2.21. The predicted octanol–water partition coefficient (Wildman–Crippen LogP) is 2.86. The Balaban J connectivity index is 2.70. The molecule has 0 N–H and O–H groups in total. The van der Waals surface area contributed by atoms with Crippen LogP contribution in [-0.2, 0) is 6.42 Å². The molecule has 0 atom stereocenters. The average Bonchev–Trinajstić information content (AvgIpc) is 2.06. The lowest BCUT2D eigenvalue weighted by Gasteiger charge is -2.11. The lowest BCUT2D eigenvalue weighted by atomic mass is 10.1. The van der Waals surface area contributed by atoms with Crippen LogP contribution in [-0.4, -0.2) is 25.5 Å². The average molecular weight is 242 g/mol. The number of halogens is 1. The van der Waals surface area contributed by atoms with Gasteiger partial charge < -0.3 is 4.90 Å². The fourth-order valence-corrected chi connectivity index (χ4v) is 1.66. The summed E-state index contributed by atoms with van der Waals surface area (Å²) in [5.41, 5.74) is 2.81. The van der Waals surface area contributed by atoms with Gasteiger partial charge in [0, 0.05) is 11.0 Å². The number of hydrogen-bond donors (Lipinski definition) is 0. The zero-order valence-electron chi connectivity index (χ0n) is 8.47. The minimum Gasteiger partial charge on any atom is -0.309 e. The number of aryl methyl sites for hydroxylation is 1. The highest BCUT2D eigenvalue weighted by molar-refractivity contribution is 9.10. The van der Waals surface area contributed by atoms with E-state index in [1.165, 1.54) is 15.6 Å². The topological polar surface area (TPSA) is 3.24 Å². The third-order valence-electron chi connectivity index (χ3n) is 2.14. The second kappa shape index (κ2) is 4.77. The van der Waals surface area contributed by atoms with Gasteiger partial charge in [0.05, 0.1) is 0 Å². The summed E-state index contributed by atoms with van der Waals surface area (Å²) in [7, 11) is 4.21. The maximum absolute atomic E-state index is 3.49. The molecule has 0 aromatic heterocycles. The van der Waals surface area contributed by atoms with Crippen LogP contribution in [0.25, 0.3) is 0 Å². The predicted molar refractivity (Wildman–Crippen MR) is 61.1 cm³/mol. The largest absolute Gasteiger partial charge is 0.309 e. The molecule has 2 heteroatoms. The van der Waals surface area contributed by atoms with Crippen molar-refractivity contribution in [1.29, 1.82) is 0 Å². The van der Waals surface area contributed by atoms with E-state index < -0.39 is 0 Å². The summed E-state index contributed by atoms with van der Waals surface area (Å²) in [6.07, 6.45) is 1.12. The molecule has 0 aliphatic heterocycles. The van der Waals surface area contributed by atoms with Crippen molar-refractivity contribution in [1.82, 2.24) is 4.90 Å². The number of likely N-dealkylation sites (N-methyl/N-ethyl adjacent to an activating group) is 1. The Kier molecular flexibility index (Phi) is 3.94. The molecule has 13 heavy (non-hydrogen) atoms.